The predicted molar refractivity (Wildman–Crippen MR) is 66.2 cm³/mol. The van der Waals surface area contributed by atoms with E-state index in [1.807, 2.05) is 11.8 Å². The Hall–Kier alpha value is 0.270. The molecule has 14 heavy (non-hydrogen) atoms. The highest BCUT2D eigenvalue weighted by Gasteiger charge is 2.08. The molecule has 3 heteroatoms. The van der Waals surface area contributed by atoms with Crippen molar-refractivity contribution in [2.24, 2.45) is 0 Å². The maximum atomic E-state index is 5.20. The minimum absolute atomic E-state index is 0.537. The summed E-state index contributed by atoms with van der Waals surface area (Å²) in [6, 6.07) is 0.537. The van der Waals surface area contributed by atoms with Gasteiger partial charge in [0.05, 0.1) is 6.61 Å². The molecular weight excluding hydrogens is 194 g/mol. The van der Waals surface area contributed by atoms with Crippen LogP contribution in [0.5, 0.6) is 0 Å². The molecule has 0 saturated heterocycles. The van der Waals surface area contributed by atoms with E-state index in [9.17, 15) is 0 Å². The molecule has 1 N–H and O–H groups in total. The van der Waals surface area contributed by atoms with Gasteiger partial charge in [-0.15, -0.1) is 0 Å². The summed E-state index contributed by atoms with van der Waals surface area (Å²) in [7, 11) is 1.78. The van der Waals surface area contributed by atoms with Gasteiger partial charge in [-0.25, -0.2) is 0 Å². The number of nitrogens with one attached hydrogen (secondary N) is 1. The molecule has 0 aromatic carbocycles. The van der Waals surface area contributed by atoms with Gasteiger partial charge >= 0.3 is 0 Å². The van der Waals surface area contributed by atoms with Gasteiger partial charge in [0, 0.05) is 24.9 Å². The standard InChI is InChI=1S/C11H25NOS/c1-5-6-7-11(9-13-3)12-8-10(2)14-4/h10-12H,5-9H2,1-4H3. The van der Waals surface area contributed by atoms with E-state index in [0.717, 1.165) is 13.2 Å². The first-order valence-electron chi connectivity index (χ1n) is 5.49. The summed E-state index contributed by atoms with van der Waals surface area (Å²) in [5.41, 5.74) is 0. The maximum Gasteiger partial charge on any atom is 0.0615 e. The molecule has 0 saturated carbocycles. The summed E-state index contributed by atoms with van der Waals surface area (Å²) in [4.78, 5) is 0. The van der Waals surface area contributed by atoms with E-state index in [0.29, 0.717) is 11.3 Å². The quantitative estimate of drug-likeness (QED) is 0.644. The molecule has 0 aliphatic rings. The Balaban J connectivity index is 3.60. The average molecular weight is 219 g/mol. The van der Waals surface area contributed by atoms with E-state index in [1.54, 1.807) is 7.11 Å². The van der Waals surface area contributed by atoms with Crippen LogP contribution in [-0.4, -0.2) is 37.8 Å². The van der Waals surface area contributed by atoms with Crippen molar-refractivity contribution in [3.05, 3.63) is 0 Å². The molecule has 0 bridgehead atoms. The van der Waals surface area contributed by atoms with Crippen LogP contribution in [0.3, 0.4) is 0 Å². The average Bonchev–Trinajstić information content (AvgIpc) is 2.21. The largest absolute Gasteiger partial charge is 0.383 e. The lowest BCUT2D eigenvalue weighted by molar-refractivity contribution is 0.161. The second-order valence-electron chi connectivity index (χ2n) is 3.75. The van der Waals surface area contributed by atoms with Crippen LogP contribution in [0.4, 0.5) is 0 Å². The van der Waals surface area contributed by atoms with Gasteiger partial charge in [0.15, 0.2) is 0 Å². The van der Waals surface area contributed by atoms with E-state index >= 15 is 0 Å². The molecule has 0 aliphatic heterocycles. The molecule has 0 fully saturated rings. The minimum atomic E-state index is 0.537. The lowest BCUT2D eigenvalue weighted by Gasteiger charge is -2.19. The zero-order valence-electron chi connectivity index (χ0n) is 10.0. The number of hydrogen-bond acceptors (Lipinski definition) is 3. The van der Waals surface area contributed by atoms with Gasteiger partial charge in [0.25, 0.3) is 0 Å². The summed E-state index contributed by atoms with van der Waals surface area (Å²) < 4.78 is 5.20. The molecule has 86 valence electrons. The maximum absolute atomic E-state index is 5.20. The molecule has 2 atom stereocenters. The van der Waals surface area contributed by atoms with Gasteiger partial charge in [-0.2, -0.15) is 11.8 Å². The van der Waals surface area contributed by atoms with Crippen LogP contribution in [0.2, 0.25) is 0 Å². The highest BCUT2D eigenvalue weighted by Crippen LogP contribution is 2.05. The fourth-order valence-electron chi connectivity index (χ4n) is 1.31. The Kier molecular flexibility index (Phi) is 10.0. The number of rotatable bonds is 9. The zero-order valence-corrected chi connectivity index (χ0v) is 10.8. The molecule has 0 radical (unpaired) electrons. The van der Waals surface area contributed by atoms with Crippen molar-refractivity contribution in [3.63, 3.8) is 0 Å². The summed E-state index contributed by atoms with van der Waals surface area (Å²) in [6.45, 7) is 6.40. The summed E-state index contributed by atoms with van der Waals surface area (Å²) in [6.07, 6.45) is 5.93. The Labute approximate surface area is 93.2 Å². The number of methoxy groups -OCH3 is 1. The molecule has 0 aromatic heterocycles. The Morgan fingerprint density at radius 1 is 1.43 bits per heavy atom. The predicted octanol–water partition coefficient (Wildman–Crippen LogP) is 2.53. The van der Waals surface area contributed by atoms with Crippen molar-refractivity contribution in [2.45, 2.75) is 44.4 Å². The topological polar surface area (TPSA) is 21.3 Å². The van der Waals surface area contributed by atoms with E-state index in [-0.39, 0.29) is 0 Å². The number of thioether (sulfide) groups is 1. The van der Waals surface area contributed by atoms with Gasteiger partial charge in [-0.3, -0.25) is 0 Å². The fourth-order valence-corrected chi connectivity index (χ4v) is 1.57. The first-order chi connectivity index (χ1) is 6.74. The first kappa shape index (κ1) is 14.3. The van der Waals surface area contributed by atoms with Crippen LogP contribution in [-0.2, 0) is 4.74 Å². The number of ether oxygens (including phenoxy) is 1. The lowest BCUT2D eigenvalue weighted by Crippen LogP contribution is -2.36. The van der Waals surface area contributed by atoms with Crippen LogP contribution >= 0.6 is 11.8 Å². The SMILES string of the molecule is CCCCC(COC)NCC(C)SC. The van der Waals surface area contributed by atoms with E-state index in [2.05, 4.69) is 25.4 Å². The van der Waals surface area contributed by atoms with Crippen molar-refractivity contribution in [1.82, 2.24) is 5.32 Å². The minimum Gasteiger partial charge on any atom is -0.383 e. The van der Waals surface area contributed by atoms with E-state index < -0.39 is 0 Å². The van der Waals surface area contributed by atoms with E-state index in [1.165, 1.54) is 19.3 Å². The molecule has 2 nitrogen and oxygen atoms in total. The van der Waals surface area contributed by atoms with Gasteiger partial charge < -0.3 is 10.1 Å². The Morgan fingerprint density at radius 2 is 2.14 bits per heavy atom. The summed E-state index contributed by atoms with van der Waals surface area (Å²) in [5.74, 6) is 0. The molecule has 0 rings (SSSR count). The van der Waals surface area contributed by atoms with Crippen LogP contribution in [0, 0.1) is 0 Å². The third-order valence-corrected chi connectivity index (χ3v) is 3.34. The molecule has 0 aliphatic carbocycles. The molecular formula is C11H25NOS. The molecule has 0 spiro atoms. The molecule has 0 aromatic rings. The van der Waals surface area contributed by atoms with Crippen LogP contribution in [0.25, 0.3) is 0 Å². The number of hydrogen-bond donors (Lipinski definition) is 1. The third-order valence-electron chi connectivity index (χ3n) is 2.37. The second kappa shape index (κ2) is 9.81. The molecule has 0 amide bonds. The van der Waals surface area contributed by atoms with Crippen molar-refractivity contribution < 1.29 is 4.74 Å². The second-order valence-corrected chi connectivity index (χ2v) is 5.03. The van der Waals surface area contributed by atoms with Gasteiger partial charge in [-0.05, 0) is 12.7 Å². The molecule has 2 unspecified atom stereocenters. The van der Waals surface area contributed by atoms with Crippen molar-refractivity contribution in [1.29, 1.82) is 0 Å². The van der Waals surface area contributed by atoms with Crippen molar-refractivity contribution in [3.8, 4) is 0 Å². The van der Waals surface area contributed by atoms with Crippen LogP contribution in [0.15, 0.2) is 0 Å². The van der Waals surface area contributed by atoms with Gasteiger partial charge in [0.2, 0.25) is 0 Å². The van der Waals surface area contributed by atoms with Crippen molar-refractivity contribution in [2.75, 3.05) is 26.5 Å². The smallest absolute Gasteiger partial charge is 0.0615 e. The Morgan fingerprint density at radius 3 is 2.64 bits per heavy atom. The summed E-state index contributed by atoms with van der Waals surface area (Å²) in [5, 5.41) is 4.25. The van der Waals surface area contributed by atoms with Gasteiger partial charge in [-0.1, -0.05) is 26.7 Å². The highest BCUT2D eigenvalue weighted by molar-refractivity contribution is 7.99. The molecule has 0 heterocycles. The first-order valence-corrected chi connectivity index (χ1v) is 6.78. The monoisotopic (exact) mass is 219 g/mol. The van der Waals surface area contributed by atoms with Gasteiger partial charge in [0.1, 0.15) is 0 Å². The van der Waals surface area contributed by atoms with Crippen molar-refractivity contribution >= 4 is 11.8 Å². The van der Waals surface area contributed by atoms with Crippen LogP contribution in [0.1, 0.15) is 33.1 Å². The summed E-state index contributed by atoms with van der Waals surface area (Å²) >= 11 is 1.91. The third kappa shape index (κ3) is 7.65. The van der Waals surface area contributed by atoms with Crippen LogP contribution < -0.4 is 5.32 Å². The number of unbranched alkanes of at least 4 members (excludes halogenated alkanes) is 1. The zero-order chi connectivity index (χ0) is 10.8. The fraction of sp³-hybridized carbons (Fsp3) is 1.00. The normalized spacial score (nSPS) is 15.4. The van der Waals surface area contributed by atoms with E-state index in [4.69, 9.17) is 4.74 Å². The lowest BCUT2D eigenvalue weighted by atomic mass is 10.1. The highest BCUT2D eigenvalue weighted by atomic mass is 32.2. The Bertz CT molecular complexity index is 122.